The molecule has 0 bridgehead atoms. The van der Waals surface area contributed by atoms with E-state index in [0.29, 0.717) is 24.7 Å². The molecule has 4 rings (SSSR count). The Morgan fingerprint density at radius 2 is 2.00 bits per heavy atom. The maximum absolute atomic E-state index is 12.6. The molecular weight excluding hydrogens is 342 g/mol. The lowest BCUT2D eigenvalue weighted by atomic mass is 10.1. The van der Waals surface area contributed by atoms with E-state index in [1.165, 1.54) is 5.56 Å². The van der Waals surface area contributed by atoms with Gasteiger partial charge in [-0.1, -0.05) is 29.4 Å². The Labute approximate surface area is 157 Å². The van der Waals surface area contributed by atoms with E-state index < -0.39 is 0 Å². The zero-order chi connectivity index (χ0) is 19.0. The molecule has 2 aromatic carbocycles. The minimum atomic E-state index is -0.107. The zero-order valence-corrected chi connectivity index (χ0v) is 15.6. The SMILES string of the molecule is COc1cccc(-c2noc(C3CC(=O)N(c4cccc(C)c4C)C3)n2)c1. The molecule has 2 heterocycles. The molecule has 6 nitrogen and oxygen atoms in total. The number of ether oxygens (including phenoxy) is 1. The monoisotopic (exact) mass is 363 g/mol. The van der Waals surface area contributed by atoms with Crippen LogP contribution in [0.25, 0.3) is 11.4 Å². The standard InChI is InChI=1S/C21H21N3O3/c1-13-6-4-9-18(14(13)2)24-12-16(11-19(24)25)21-22-20(23-27-21)15-7-5-8-17(10-15)26-3/h4-10,16H,11-12H2,1-3H3. The molecule has 27 heavy (non-hydrogen) atoms. The molecular formula is C21H21N3O3. The number of aryl methyl sites for hydroxylation is 1. The van der Waals surface area contributed by atoms with Gasteiger partial charge in [-0.3, -0.25) is 4.79 Å². The third kappa shape index (κ3) is 3.18. The van der Waals surface area contributed by atoms with Crippen LogP contribution in [-0.4, -0.2) is 29.7 Å². The van der Waals surface area contributed by atoms with Crippen molar-refractivity contribution in [1.82, 2.24) is 10.1 Å². The Balaban J connectivity index is 1.58. The molecule has 3 aromatic rings. The summed E-state index contributed by atoms with van der Waals surface area (Å²) in [5.41, 5.74) is 4.06. The number of rotatable bonds is 4. The summed E-state index contributed by atoms with van der Waals surface area (Å²) in [4.78, 5) is 19.0. The van der Waals surface area contributed by atoms with Crippen LogP contribution in [0.4, 0.5) is 5.69 Å². The number of carbonyl (C=O) groups excluding carboxylic acids is 1. The summed E-state index contributed by atoms with van der Waals surface area (Å²) >= 11 is 0. The first-order valence-corrected chi connectivity index (χ1v) is 8.91. The number of aromatic nitrogens is 2. The molecule has 0 spiro atoms. The van der Waals surface area contributed by atoms with Gasteiger partial charge in [0.05, 0.1) is 13.0 Å². The van der Waals surface area contributed by atoms with E-state index in [0.717, 1.165) is 22.6 Å². The molecule has 6 heteroatoms. The predicted octanol–water partition coefficient (Wildman–Crippen LogP) is 3.88. The first-order chi connectivity index (χ1) is 13.1. The Morgan fingerprint density at radius 3 is 2.81 bits per heavy atom. The van der Waals surface area contributed by atoms with Gasteiger partial charge in [0.2, 0.25) is 17.6 Å². The van der Waals surface area contributed by atoms with Crippen molar-refractivity contribution in [3.05, 3.63) is 59.5 Å². The van der Waals surface area contributed by atoms with Gasteiger partial charge in [-0.2, -0.15) is 4.98 Å². The summed E-state index contributed by atoms with van der Waals surface area (Å²) in [7, 11) is 1.62. The minimum Gasteiger partial charge on any atom is -0.497 e. The van der Waals surface area contributed by atoms with Crippen molar-refractivity contribution in [2.45, 2.75) is 26.2 Å². The van der Waals surface area contributed by atoms with Crippen molar-refractivity contribution in [1.29, 1.82) is 0 Å². The first-order valence-electron chi connectivity index (χ1n) is 8.91. The lowest BCUT2D eigenvalue weighted by Gasteiger charge is -2.19. The molecule has 0 radical (unpaired) electrons. The van der Waals surface area contributed by atoms with Crippen LogP contribution in [0, 0.1) is 13.8 Å². The van der Waals surface area contributed by atoms with Gasteiger partial charge in [-0.05, 0) is 43.2 Å². The van der Waals surface area contributed by atoms with Crippen molar-refractivity contribution >= 4 is 11.6 Å². The average Bonchev–Trinajstić information content (AvgIpc) is 3.31. The number of nitrogens with zero attached hydrogens (tertiary/aromatic N) is 3. The van der Waals surface area contributed by atoms with E-state index in [1.807, 2.05) is 48.2 Å². The van der Waals surface area contributed by atoms with Crippen molar-refractivity contribution in [3.63, 3.8) is 0 Å². The van der Waals surface area contributed by atoms with Crippen LogP contribution < -0.4 is 9.64 Å². The zero-order valence-electron chi connectivity index (χ0n) is 15.6. The highest BCUT2D eigenvalue weighted by Gasteiger charge is 2.35. The highest BCUT2D eigenvalue weighted by atomic mass is 16.5. The number of anilines is 1. The van der Waals surface area contributed by atoms with E-state index in [2.05, 4.69) is 23.1 Å². The number of amides is 1. The van der Waals surface area contributed by atoms with Crippen LogP contribution >= 0.6 is 0 Å². The van der Waals surface area contributed by atoms with E-state index in [-0.39, 0.29) is 11.8 Å². The highest BCUT2D eigenvalue weighted by Crippen LogP contribution is 2.34. The van der Waals surface area contributed by atoms with E-state index in [4.69, 9.17) is 9.26 Å². The fraction of sp³-hybridized carbons (Fsp3) is 0.286. The maximum atomic E-state index is 12.6. The van der Waals surface area contributed by atoms with Crippen molar-refractivity contribution in [2.75, 3.05) is 18.6 Å². The number of hydrogen-bond donors (Lipinski definition) is 0. The number of benzene rings is 2. The molecule has 0 saturated carbocycles. The van der Waals surface area contributed by atoms with Crippen molar-refractivity contribution < 1.29 is 14.1 Å². The summed E-state index contributed by atoms with van der Waals surface area (Å²) in [5, 5.41) is 4.09. The Bertz CT molecular complexity index is 996. The van der Waals surface area contributed by atoms with Crippen LogP contribution in [0.15, 0.2) is 47.0 Å². The van der Waals surface area contributed by atoms with Crippen LogP contribution in [-0.2, 0) is 4.79 Å². The van der Waals surface area contributed by atoms with Crippen molar-refractivity contribution in [3.8, 4) is 17.1 Å². The molecule has 1 unspecified atom stereocenters. The summed E-state index contributed by atoms with van der Waals surface area (Å²) in [6.07, 6.45) is 0.368. The summed E-state index contributed by atoms with van der Waals surface area (Å²) in [6.45, 7) is 4.64. The average molecular weight is 363 g/mol. The largest absolute Gasteiger partial charge is 0.497 e. The predicted molar refractivity (Wildman–Crippen MR) is 102 cm³/mol. The quantitative estimate of drug-likeness (QED) is 0.703. The van der Waals surface area contributed by atoms with E-state index in [1.54, 1.807) is 7.11 Å². The summed E-state index contributed by atoms with van der Waals surface area (Å²) in [5.74, 6) is 1.70. The molecule has 0 N–H and O–H groups in total. The molecule has 1 amide bonds. The van der Waals surface area contributed by atoms with Gasteiger partial charge in [0.15, 0.2) is 0 Å². The van der Waals surface area contributed by atoms with Gasteiger partial charge in [0, 0.05) is 24.2 Å². The molecule has 138 valence electrons. The Morgan fingerprint density at radius 1 is 1.19 bits per heavy atom. The van der Waals surface area contributed by atoms with Gasteiger partial charge in [-0.15, -0.1) is 0 Å². The Hall–Kier alpha value is -3.15. The molecule has 1 atom stereocenters. The first kappa shape index (κ1) is 17.3. The summed E-state index contributed by atoms with van der Waals surface area (Å²) < 4.78 is 10.7. The number of hydrogen-bond acceptors (Lipinski definition) is 5. The summed E-state index contributed by atoms with van der Waals surface area (Å²) in [6, 6.07) is 13.5. The molecule has 0 aliphatic carbocycles. The molecule has 1 saturated heterocycles. The van der Waals surface area contributed by atoms with Gasteiger partial charge in [-0.25, -0.2) is 0 Å². The van der Waals surface area contributed by atoms with E-state index in [9.17, 15) is 4.79 Å². The Kier molecular flexibility index (Phi) is 4.39. The molecule has 1 aliphatic rings. The number of carbonyl (C=O) groups is 1. The van der Waals surface area contributed by atoms with Gasteiger partial charge in [0.25, 0.3) is 0 Å². The second kappa shape index (κ2) is 6.87. The van der Waals surface area contributed by atoms with Crippen LogP contribution in [0.1, 0.15) is 29.4 Å². The fourth-order valence-corrected chi connectivity index (χ4v) is 3.41. The third-order valence-electron chi connectivity index (χ3n) is 5.11. The van der Waals surface area contributed by atoms with Gasteiger partial charge in [0.1, 0.15) is 5.75 Å². The van der Waals surface area contributed by atoms with Crippen LogP contribution in [0.2, 0.25) is 0 Å². The van der Waals surface area contributed by atoms with Gasteiger partial charge < -0.3 is 14.2 Å². The normalized spacial score (nSPS) is 16.8. The molecule has 1 aromatic heterocycles. The van der Waals surface area contributed by atoms with Crippen LogP contribution in [0.3, 0.4) is 0 Å². The van der Waals surface area contributed by atoms with E-state index >= 15 is 0 Å². The number of methoxy groups -OCH3 is 1. The molecule has 1 aliphatic heterocycles. The topological polar surface area (TPSA) is 68.5 Å². The lowest BCUT2D eigenvalue weighted by Crippen LogP contribution is -2.25. The maximum Gasteiger partial charge on any atom is 0.232 e. The van der Waals surface area contributed by atoms with Crippen molar-refractivity contribution in [2.24, 2.45) is 0 Å². The lowest BCUT2D eigenvalue weighted by molar-refractivity contribution is -0.117. The van der Waals surface area contributed by atoms with Crippen LogP contribution in [0.5, 0.6) is 5.75 Å². The minimum absolute atomic E-state index is 0.0785. The smallest absolute Gasteiger partial charge is 0.232 e. The van der Waals surface area contributed by atoms with Gasteiger partial charge >= 0.3 is 0 Å². The fourth-order valence-electron chi connectivity index (χ4n) is 3.41. The second-order valence-electron chi connectivity index (χ2n) is 6.81. The third-order valence-corrected chi connectivity index (χ3v) is 5.11. The highest BCUT2D eigenvalue weighted by molar-refractivity contribution is 5.97. The second-order valence-corrected chi connectivity index (χ2v) is 6.81. The molecule has 1 fully saturated rings.